The molecule has 7 nitrogen and oxygen atoms in total. The molecule has 1 aromatic heterocycles. The largest absolute Gasteiger partial charge is 0.493 e. The second-order valence-corrected chi connectivity index (χ2v) is 9.00. The van der Waals surface area contributed by atoms with E-state index in [9.17, 15) is 14.0 Å². The van der Waals surface area contributed by atoms with Crippen molar-refractivity contribution in [3.63, 3.8) is 0 Å². The first-order valence-electron chi connectivity index (χ1n) is 11.2. The SMILES string of the molecule is O=C(Nc1ccc(-c2ccc(Cl)c(F)c2)nn1)c1ccc(OC(=O)C2CCOc3ccccc32)c(Cl)c1. The van der Waals surface area contributed by atoms with E-state index in [1.807, 2.05) is 24.3 Å². The number of nitrogens with one attached hydrogen (secondary N) is 1. The maximum Gasteiger partial charge on any atom is 0.319 e. The van der Waals surface area contributed by atoms with Gasteiger partial charge in [-0.2, -0.15) is 0 Å². The monoisotopic (exact) mass is 537 g/mol. The number of nitrogens with zero attached hydrogens (tertiary/aromatic N) is 2. The van der Waals surface area contributed by atoms with Crippen LogP contribution in [0.1, 0.15) is 28.3 Å². The number of fused-ring (bicyclic) bond motifs is 1. The number of anilines is 1. The average Bonchev–Trinajstić information content (AvgIpc) is 2.91. The van der Waals surface area contributed by atoms with Gasteiger partial charge in [0, 0.05) is 16.7 Å². The van der Waals surface area contributed by atoms with Crippen LogP contribution in [0.5, 0.6) is 11.5 Å². The highest BCUT2D eigenvalue weighted by Crippen LogP contribution is 2.35. The van der Waals surface area contributed by atoms with E-state index in [0.717, 1.165) is 5.56 Å². The predicted octanol–water partition coefficient (Wildman–Crippen LogP) is 6.31. The van der Waals surface area contributed by atoms with Crippen LogP contribution in [-0.4, -0.2) is 28.7 Å². The number of carbonyl (C=O) groups is 2. The van der Waals surface area contributed by atoms with Gasteiger partial charge in [-0.15, -0.1) is 10.2 Å². The summed E-state index contributed by atoms with van der Waals surface area (Å²) in [6.07, 6.45) is 0.487. The normalized spacial score (nSPS) is 14.3. The van der Waals surface area contributed by atoms with Crippen LogP contribution in [0.3, 0.4) is 0 Å². The van der Waals surface area contributed by atoms with Gasteiger partial charge in [0.15, 0.2) is 5.82 Å². The van der Waals surface area contributed by atoms with Gasteiger partial charge in [-0.05, 0) is 55.0 Å². The maximum atomic E-state index is 13.7. The zero-order valence-electron chi connectivity index (χ0n) is 19.1. The number of aromatic nitrogens is 2. The van der Waals surface area contributed by atoms with E-state index in [0.29, 0.717) is 30.0 Å². The molecule has 10 heteroatoms. The molecule has 0 radical (unpaired) electrons. The van der Waals surface area contributed by atoms with E-state index >= 15 is 0 Å². The first kappa shape index (κ1) is 24.7. The molecule has 0 spiro atoms. The van der Waals surface area contributed by atoms with Gasteiger partial charge in [0.2, 0.25) is 0 Å². The highest BCUT2D eigenvalue weighted by molar-refractivity contribution is 6.32. The molecular formula is C27H18Cl2FN3O4. The minimum Gasteiger partial charge on any atom is -0.493 e. The average molecular weight is 538 g/mol. The van der Waals surface area contributed by atoms with Crippen LogP contribution < -0.4 is 14.8 Å². The van der Waals surface area contributed by atoms with Gasteiger partial charge >= 0.3 is 5.97 Å². The van der Waals surface area contributed by atoms with Crippen LogP contribution in [0.25, 0.3) is 11.3 Å². The number of carbonyl (C=O) groups excluding carboxylic acids is 2. The highest BCUT2D eigenvalue weighted by Gasteiger charge is 2.29. The molecule has 4 aromatic rings. The number of rotatable bonds is 5. The standard InChI is InChI=1S/C27H18Cl2FN3O4/c28-19-7-5-15(14-21(19)30)22-8-10-25(33-32-22)31-26(34)16-6-9-24(20(29)13-16)37-27(35)18-11-12-36-23-4-2-1-3-17(18)23/h1-10,13-14,18H,11-12H2,(H,31,33,34). The first-order valence-corrected chi connectivity index (χ1v) is 12.0. The van der Waals surface area contributed by atoms with E-state index in [4.69, 9.17) is 32.7 Å². The molecule has 1 N–H and O–H groups in total. The van der Waals surface area contributed by atoms with Crippen molar-refractivity contribution in [3.8, 4) is 22.8 Å². The van der Waals surface area contributed by atoms with Crippen molar-refractivity contribution in [2.75, 3.05) is 11.9 Å². The minimum atomic E-state index is -0.568. The topological polar surface area (TPSA) is 90.4 Å². The molecule has 0 bridgehead atoms. The molecule has 186 valence electrons. The van der Waals surface area contributed by atoms with Gasteiger partial charge in [-0.25, -0.2) is 4.39 Å². The Morgan fingerprint density at radius 3 is 2.57 bits per heavy atom. The van der Waals surface area contributed by atoms with Gasteiger partial charge in [0.1, 0.15) is 17.3 Å². The second kappa shape index (κ2) is 10.5. The first-order chi connectivity index (χ1) is 17.9. The zero-order chi connectivity index (χ0) is 25.9. The molecule has 2 heterocycles. The fourth-order valence-corrected chi connectivity index (χ4v) is 4.22. The minimum absolute atomic E-state index is 0.00829. The van der Waals surface area contributed by atoms with E-state index in [1.165, 1.54) is 36.4 Å². The number of amides is 1. The Hall–Kier alpha value is -4.01. The van der Waals surface area contributed by atoms with E-state index < -0.39 is 23.6 Å². The van der Waals surface area contributed by atoms with Crippen molar-refractivity contribution in [1.82, 2.24) is 10.2 Å². The molecule has 1 unspecified atom stereocenters. The Bertz CT molecular complexity index is 1500. The lowest BCUT2D eigenvalue weighted by Crippen LogP contribution is -2.25. The number of hydrogen-bond donors (Lipinski definition) is 1. The molecule has 0 aliphatic carbocycles. The molecule has 1 atom stereocenters. The molecule has 3 aromatic carbocycles. The lowest BCUT2D eigenvalue weighted by Gasteiger charge is -2.24. The van der Waals surface area contributed by atoms with Gasteiger partial charge in [-0.1, -0.05) is 47.5 Å². The van der Waals surface area contributed by atoms with Crippen LogP contribution in [0.15, 0.2) is 72.8 Å². The smallest absolute Gasteiger partial charge is 0.319 e. The molecule has 0 saturated carbocycles. The Labute approximate surface area is 221 Å². The lowest BCUT2D eigenvalue weighted by atomic mass is 9.93. The summed E-state index contributed by atoms with van der Waals surface area (Å²) in [6, 6.07) is 19.1. The van der Waals surface area contributed by atoms with Crippen LogP contribution in [0.2, 0.25) is 10.0 Å². The van der Waals surface area contributed by atoms with Gasteiger partial charge < -0.3 is 14.8 Å². The van der Waals surface area contributed by atoms with Crippen LogP contribution >= 0.6 is 23.2 Å². The molecule has 1 amide bonds. The number of esters is 1. The number of para-hydroxylation sites is 1. The third-order valence-electron chi connectivity index (χ3n) is 5.77. The lowest BCUT2D eigenvalue weighted by molar-refractivity contribution is -0.136. The third-order valence-corrected chi connectivity index (χ3v) is 6.37. The van der Waals surface area contributed by atoms with E-state index in [1.54, 1.807) is 12.1 Å². The van der Waals surface area contributed by atoms with Crippen molar-refractivity contribution < 1.29 is 23.5 Å². The Balaban J connectivity index is 1.25. The number of ether oxygens (including phenoxy) is 2. The number of hydrogen-bond acceptors (Lipinski definition) is 6. The summed E-state index contributed by atoms with van der Waals surface area (Å²) in [5.41, 5.74) is 1.90. The summed E-state index contributed by atoms with van der Waals surface area (Å²) in [7, 11) is 0. The highest BCUT2D eigenvalue weighted by atomic mass is 35.5. The van der Waals surface area contributed by atoms with Crippen molar-refractivity contribution in [3.05, 3.63) is 99.8 Å². The number of benzene rings is 3. The fraction of sp³-hybridized carbons (Fsp3) is 0.111. The summed E-state index contributed by atoms with van der Waals surface area (Å²) in [4.78, 5) is 25.5. The Morgan fingerprint density at radius 1 is 0.973 bits per heavy atom. The predicted molar refractivity (Wildman–Crippen MR) is 137 cm³/mol. The summed E-state index contributed by atoms with van der Waals surface area (Å²) >= 11 is 12.0. The summed E-state index contributed by atoms with van der Waals surface area (Å²) < 4.78 is 24.9. The van der Waals surface area contributed by atoms with Crippen LogP contribution in [0, 0.1) is 5.82 Å². The second-order valence-electron chi connectivity index (χ2n) is 8.18. The molecule has 1 aliphatic rings. The van der Waals surface area contributed by atoms with Crippen LogP contribution in [0.4, 0.5) is 10.2 Å². The molecule has 1 aliphatic heterocycles. The maximum absolute atomic E-state index is 13.7. The molecule has 0 fully saturated rings. The van der Waals surface area contributed by atoms with Gasteiger partial charge in [0.05, 0.1) is 28.3 Å². The summed E-state index contributed by atoms with van der Waals surface area (Å²) in [5, 5.41) is 10.7. The van der Waals surface area contributed by atoms with Crippen molar-refractivity contribution in [1.29, 1.82) is 0 Å². The Morgan fingerprint density at radius 2 is 1.81 bits per heavy atom. The number of halogens is 3. The van der Waals surface area contributed by atoms with Crippen LogP contribution in [-0.2, 0) is 4.79 Å². The van der Waals surface area contributed by atoms with Gasteiger partial charge in [-0.3, -0.25) is 9.59 Å². The quantitative estimate of drug-likeness (QED) is 0.237. The van der Waals surface area contributed by atoms with Crippen molar-refractivity contribution >= 4 is 40.9 Å². The fourth-order valence-electron chi connectivity index (χ4n) is 3.89. The van der Waals surface area contributed by atoms with Gasteiger partial charge in [0.25, 0.3) is 5.91 Å². The third kappa shape index (κ3) is 5.40. The molecule has 37 heavy (non-hydrogen) atoms. The molecular weight excluding hydrogens is 520 g/mol. The van der Waals surface area contributed by atoms with Crippen molar-refractivity contribution in [2.24, 2.45) is 0 Å². The van der Waals surface area contributed by atoms with E-state index in [-0.39, 0.29) is 27.2 Å². The van der Waals surface area contributed by atoms with E-state index in [2.05, 4.69) is 15.5 Å². The molecule has 0 saturated heterocycles. The Kier molecular flexibility index (Phi) is 7.03. The van der Waals surface area contributed by atoms with Crippen molar-refractivity contribution in [2.45, 2.75) is 12.3 Å². The summed E-state index contributed by atoms with van der Waals surface area (Å²) in [6.45, 7) is 0.407. The summed E-state index contributed by atoms with van der Waals surface area (Å²) in [5.74, 6) is -0.995. The zero-order valence-corrected chi connectivity index (χ0v) is 20.6. The molecule has 5 rings (SSSR count).